The van der Waals surface area contributed by atoms with Crippen LogP contribution in [0.15, 0.2) is 77.3 Å². The third kappa shape index (κ3) is 16.9. The molecule has 0 bridgehead atoms. The first kappa shape index (κ1) is 68.1. The number of amides is 8. The predicted molar refractivity (Wildman–Crippen MR) is 304 cm³/mol. The van der Waals surface area contributed by atoms with Crippen molar-refractivity contribution in [1.82, 2.24) is 41.5 Å². The number of hydrogen-bond donors (Lipinski definition) is 16. The monoisotopic (exact) mass is 1270 g/mol. The zero-order valence-electron chi connectivity index (χ0n) is 48.1. The molecule has 0 spiro atoms. The van der Waals surface area contributed by atoms with Gasteiger partial charge in [-0.3, -0.25) is 42.9 Å². The summed E-state index contributed by atoms with van der Waals surface area (Å²) < 4.78 is 48.1. The lowest BCUT2D eigenvalue weighted by molar-refractivity contribution is -0.149. The van der Waals surface area contributed by atoms with Gasteiger partial charge >= 0.3 is 10.4 Å². The lowest BCUT2D eigenvalue weighted by Crippen LogP contribution is -2.64. The van der Waals surface area contributed by atoms with Crippen LogP contribution >= 0.6 is 0 Å². The Morgan fingerprint density at radius 1 is 0.787 bits per heavy atom. The molecule has 3 fully saturated rings. The fourth-order valence-corrected chi connectivity index (χ4v) is 10.7. The largest absolute Gasteiger partial charge is 0.504 e. The summed E-state index contributed by atoms with van der Waals surface area (Å²) in [6.45, 7) is 3.74. The van der Waals surface area contributed by atoms with Crippen LogP contribution in [0, 0.1) is 5.92 Å². The van der Waals surface area contributed by atoms with Gasteiger partial charge in [-0.2, -0.15) is 8.42 Å². The van der Waals surface area contributed by atoms with Crippen molar-refractivity contribution in [2.45, 2.75) is 145 Å². The van der Waals surface area contributed by atoms with Gasteiger partial charge in [-0.15, -0.1) is 0 Å². The number of unbranched alkanes of at least 4 members (excludes halogenated alkanes) is 2. The minimum atomic E-state index is -5.35. The van der Waals surface area contributed by atoms with E-state index in [2.05, 4.69) is 32.2 Å². The molecule has 3 aliphatic heterocycles. The number of aromatic hydroxyl groups is 1. The molecule has 1 aromatic heterocycles. The van der Waals surface area contributed by atoms with E-state index in [1.165, 1.54) is 31.2 Å². The molecule has 484 valence electrons. The van der Waals surface area contributed by atoms with Gasteiger partial charge in [-0.1, -0.05) is 50.0 Å². The smallest absolute Gasteiger partial charge is 0.446 e. The summed E-state index contributed by atoms with van der Waals surface area (Å²) in [6, 6.07) is 3.52. The fraction of sp³-hybridized carbons (Fsp3) is 0.482. The van der Waals surface area contributed by atoms with E-state index in [4.69, 9.17) is 15.0 Å². The number of phenolic OH excluding ortho intramolecular Hbond substituents is 1. The molecule has 4 heterocycles. The van der Waals surface area contributed by atoms with E-state index < -0.39 is 198 Å². The Morgan fingerprint density at radius 2 is 1.43 bits per heavy atom. The summed E-state index contributed by atoms with van der Waals surface area (Å²) in [5.41, 5.74) is 6.28. The molecule has 3 unspecified atom stereocenters. The standard InChI is InChI=1S/C56H71N9O23S/c1-4-5-6-17-86-32-14-11-27(12-15-32)33-21-39(87-63-33)28-7-9-29(10-8-28)49(75)58-34-20-38(70)52(78)62-54(80)45-46(72)25(2)23-65(45)56(82)43(37(69)22-41(57)71)60-53(79)44(48(74)47(73)30-13-16-36(68)40(18-30)88-89(83,84)85)61-51(77)35-19-31(67)24-64(35)55(81)42(26(3)66)59-50(34)76/h7-16,18,21,25-26,31,34-35,37-38,42-48,52,66-70,72-74,78H,4-6,17,19-20,22-24H2,1-3H3,(H2,57,71)(H,58,75)(H,59,76)(H,60,79)(H,61,77)(H,62,80)(H,83,84,85)/t25-,26+,31+,34-,35?,37+,38-,42?,43-,44-,45?,46-,47-,48-,52+/m0/s1. The van der Waals surface area contributed by atoms with E-state index in [1.807, 2.05) is 10.6 Å². The second-order valence-corrected chi connectivity index (χ2v) is 22.9. The Bertz CT molecular complexity index is 3340. The average molecular weight is 1270 g/mol. The summed E-state index contributed by atoms with van der Waals surface area (Å²) in [5.74, 6) is -13.0. The highest BCUT2D eigenvalue weighted by Gasteiger charge is 2.51. The molecule has 3 aromatic carbocycles. The maximum Gasteiger partial charge on any atom is 0.446 e. The molecule has 7 rings (SSSR count). The van der Waals surface area contributed by atoms with Crippen molar-refractivity contribution < 1.29 is 111 Å². The van der Waals surface area contributed by atoms with Crippen LogP contribution in [-0.2, 0) is 44.0 Å². The van der Waals surface area contributed by atoms with Crippen molar-refractivity contribution in [3.05, 3.63) is 83.9 Å². The van der Waals surface area contributed by atoms with Gasteiger partial charge in [-0.05, 0) is 67.4 Å². The number of hydrogen-bond acceptors (Lipinski definition) is 23. The fourth-order valence-electron chi connectivity index (χ4n) is 10.3. The molecule has 0 radical (unpaired) electrons. The third-order valence-electron chi connectivity index (χ3n) is 15.2. The van der Waals surface area contributed by atoms with Crippen LogP contribution in [0.5, 0.6) is 17.2 Å². The first-order valence-electron chi connectivity index (χ1n) is 28.1. The maximum atomic E-state index is 14.7. The minimum absolute atomic E-state index is 0.110. The van der Waals surface area contributed by atoms with Crippen LogP contribution in [0.1, 0.15) is 81.3 Å². The number of aliphatic hydroxyl groups is 8. The van der Waals surface area contributed by atoms with Crippen LogP contribution in [0.25, 0.3) is 22.6 Å². The molecule has 3 aliphatic rings. The summed E-state index contributed by atoms with van der Waals surface area (Å²) in [4.78, 5) is 115. The molecule has 32 nitrogen and oxygen atoms in total. The maximum absolute atomic E-state index is 14.7. The van der Waals surface area contributed by atoms with Gasteiger partial charge in [0.2, 0.25) is 41.4 Å². The van der Waals surface area contributed by atoms with Gasteiger partial charge in [-0.25, -0.2) is 0 Å². The first-order chi connectivity index (χ1) is 42.0. The van der Waals surface area contributed by atoms with E-state index in [0.717, 1.165) is 32.3 Å². The van der Waals surface area contributed by atoms with Crippen LogP contribution in [-0.4, -0.2) is 220 Å². The van der Waals surface area contributed by atoms with Gasteiger partial charge in [0.1, 0.15) is 66.0 Å². The Labute approximate surface area is 507 Å². The van der Waals surface area contributed by atoms with Crippen molar-refractivity contribution in [3.63, 3.8) is 0 Å². The molecule has 4 aromatic rings. The molecular formula is C56H71N9O23S. The Kier molecular flexibility index (Phi) is 22.4. The highest BCUT2D eigenvalue weighted by atomic mass is 32.3. The number of nitrogens with zero attached hydrogens (tertiary/aromatic N) is 3. The molecule has 15 atom stereocenters. The lowest BCUT2D eigenvalue weighted by atomic mass is 9.96. The highest BCUT2D eigenvalue weighted by molar-refractivity contribution is 7.81. The van der Waals surface area contributed by atoms with Gasteiger partial charge in [0.15, 0.2) is 23.5 Å². The normalized spacial score (nSPS) is 26.4. The number of fused-ring (bicyclic) bond motifs is 2. The van der Waals surface area contributed by atoms with Crippen molar-refractivity contribution in [2.75, 3.05) is 19.7 Å². The predicted octanol–water partition coefficient (Wildman–Crippen LogP) is -3.90. The van der Waals surface area contributed by atoms with Crippen molar-refractivity contribution in [2.24, 2.45) is 11.7 Å². The third-order valence-corrected chi connectivity index (χ3v) is 15.6. The first-order valence-corrected chi connectivity index (χ1v) is 29.5. The number of aliphatic hydroxyl groups excluding tert-OH is 8. The topological polar surface area (TPSA) is 510 Å². The minimum Gasteiger partial charge on any atom is -0.504 e. The zero-order chi connectivity index (χ0) is 65.3. The number of benzene rings is 3. The van der Waals surface area contributed by atoms with Crippen LogP contribution < -0.4 is 41.2 Å². The molecule has 8 amide bonds. The SMILES string of the molecule is CCCCCOc1ccc(-c2cc(-c3ccc(C(=O)N[C@H]4C[C@H](O)[C@@H](O)NC(=O)C5[C@@H](O)[C@@H](C)CN5C(=O)[C@H]([C@H](O)CC(N)=O)NC(=O)[C@H]([C@H](O)[C@@H](O)c5ccc(O)c(OS(=O)(=O)O)c5)NC(=O)C5C[C@@H](O)CN5C(=O)C([C@@H](C)O)NC4=O)cc3)on2)cc1. The van der Waals surface area contributed by atoms with Gasteiger partial charge < -0.3 is 102 Å². The molecule has 0 saturated carbocycles. The quantitative estimate of drug-likeness (QED) is 0.0334. The summed E-state index contributed by atoms with van der Waals surface area (Å²) in [6.07, 6.45) is -17.3. The number of carbonyl (C=O) groups is 8. The summed E-state index contributed by atoms with van der Waals surface area (Å²) >= 11 is 0. The van der Waals surface area contributed by atoms with E-state index in [-0.39, 0.29) is 5.56 Å². The number of nitrogens with two attached hydrogens (primary N) is 1. The van der Waals surface area contributed by atoms with Crippen LogP contribution in [0.3, 0.4) is 0 Å². The molecular weight excluding hydrogens is 1200 g/mol. The van der Waals surface area contributed by atoms with Crippen LogP contribution in [0.2, 0.25) is 0 Å². The highest BCUT2D eigenvalue weighted by Crippen LogP contribution is 2.34. The van der Waals surface area contributed by atoms with Crippen molar-refractivity contribution in [1.29, 1.82) is 0 Å². The van der Waals surface area contributed by atoms with Crippen LogP contribution in [0.4, 0.5) is 0 Å². The number of ether oxygens (including phenoxy) is 1. The number of carbonyl (C=O) groups excluding carboxylic acids is 8. The number of rotatable bonds is 18. The van der Waals surface area contributed by atoms with E-state index in [0.29, 0.717) is 56.9 Å². The van der Waals surface area contributed by atoms with Crippen molar-refractivity contribution in [3.8, 4) is 39.8 Å². The molecule has 17 N–H and O–H groups in total. The Balaban J connectivity index is 1.22. The Morgan fingerprint density at radius 3 is 2.07 bits per heavy atom. The van der Waals surface area contributed by atoms with E-state index in [1.54, 1.807) is 30.3 Å². The molecule has 3 saturated heterocycles. The molecule has 89 heavy (non-hydrogen) atoms. The Hall–Kier alpha value is -8.38. The van der Waals surface area contributed by atoms with E-state index in [9.17, 15) is 97.3 Å². The second-order valence-electron chi connectivity index (χ2n) is 21.9. The van der Waals surface area contributed by atoms with Crippen molar-refractivity contribution >= 4 is 57.7 Å². The summed E-state index contributed by atoms with van der Waals surface area (Å²) in [5, 5.41) is 116. The molecule has 0 aliphatic carbocycles. The van der Waals surface area contributed by atoms with Gasteiger partial charge in [0, 0.05) is 54.6 Å². The summed E-state index contributed by atoms with van der Waals surface area (Å²) in [7, 11) is -5.35. The average Bonchev–Trinajstić information content (AvgIpc) is 2.76. The second kappa shape index (κ2) is 29.3. The van der Waals surface area contributed by atoms with E-state index >= 15 is 0 Å². The van der Waals surface area contributed by atoms with Gasteiger partial charge in [0.25, 0.3) is 5.91 Å². The number of nitrogens with one attached hydrogen (secondary N) is 5. The molecule has 33 heteroatoms. The van der Waals surface area contributed by atoms with Gasteiger partial charge in [0.05, 0.1) is 37.4 Å². The number of primary amides is 1. The number of phenols is 1. The zero-order valence-corrected chi connectivity index (χ0v) is 48.9. The number of aromatic nitrogens is 1. The lowest BCUT2D eigenvalue weighted by Gasteiger charge is -2.34.